The van der Waals surface area contributed by atoms with E-state index in [2.05, 4.69) is 24.4 Å². The molecule has 0 aliphatic carbocycles. The van der Waals surface area contributed by atoms with Gasteiger partial charge in [0.15, 0.2) is 0 Å². The Labute approximate surface area is 190 Å². The molecule has 0 spiro atoms. The molecule has 0 fully saturated rings. The van der Waals surface area contributed by atoms with Crippen molar-refractivity contribution in [2.45, 2.75) is 115 Å². The maximum absolute atomic E-state index is 11.8. The number of ether oxygens (including phenoxy) is 1. The fourth-order valence-electron chi connectivity index (χ4n) is 3.19. The molecule has 0 aliphatic heterocycles. The number of hydrogen-bond acceptors (Lipinski definition) is 6. The standard InChI is InChI=1S/C25H49NO5/c1-3-4-5-6-7-8-9-10-11-12-13-14-15-16-17-18-24(30)31-20-23(29)19-26-25(2,21-27)22-28/h10-11,23,26-29H,3-9,12-22H2,1-2H3. The van der Waals surface area contributed by atoms with Crippen molar-refractivity contribution in [2.75, 3.05) is 26.4 Å². The largest absolute Gasteiger partial charge is 0.463 e. The van der Waals surface area contributed by atoms with E-state index >= 15 is 0 Å². The number of unbranched alkanes of at least 4 members (excludes halogenated alkanes) is 11. The van der Waals surface area contributed by atoms with Gasteiger partial charge in [0.2, 0.25) is 0 Å². The van der Waals surface area contributed by atoms with E-state index in [1.165, 1.54) is 57.8 Å². The van der Waals surface area contributed by atoms with E-state index in [0.717, 1.165) is 25.7 Å². The summed E-state index contributed by atoms with van der Waals surface area (Å²) in [6.07, 6.45) is 20.0. The van der Waals surface area contributed by atoms with Gasteiger partial charge in [0.25, 0.3) is 0 Å². The third kappa shape index (κ3) is 19.5. The first-order valence-corrected chi connectivity index (χ1v) is 12.4. The highest BCUT2D eigenvalue weighted by atomic mass is 16.5. The zero-order chi connectivity index (χ0) is 23.2. The SMILES string of the molecule is CCCCCCCCC=CCCCCCCCC(=O)OCC(O)CNC(C)(CO)CO. The summed E-state index contributed by atoms with van der Waals surface area (Å²) >= 11 is 0. The van der Waals surface area contributed by atoms with E-state index in [0.29, 0.717) is 6.42 Å². The van der Waals surface area contributed by atoms with Crippen LogP contribution in [0.1, 0.15) is 104 Å². The van der Waals surface area contributed by atoms with Gasteiger partial charge in [0.05, 0.1) is 18.8 Å². The molecule has 0 heterocycles. The van der Waals surface area contributed by atoms with Crippen molar-refractivity contribution in [3.05, 3.63) is 12.2 Å². The van der Waals surface area contributed by atoms with Crippen LogP contribution in [0.5, 0.6) is 0 Å². The first-order chi connectivity index (χ1) is 15.0. The average Bonchev–Trinajstić information content (AvgIpc) is 2.78. The van der Waals surface area contributed by atoms with Crippen molar-refractivity contribution in [3.63, 3.8) is 0 Å². The number of aliphatic hydroxyl groups is 3. The zero-order valence-corrected chi connectivity index (χ0v) is 20.1. The molecule has 6 nitrogen and oxygen atoms in total. The first-order valence-electron chi connectivity index (χ1n) is 12.4. The van der Waals surface area contributed by atoms with Gasteiger partial charge in [0.1, 0.15) is 12.7 Å². The Morgan fingerprint density at radius 1 is 0.903 bits per heavy atom. The third-order valence-electron chi connectivity index (χ3n) is 5.54. The Hall–Kier alpha value is -0.950. The lowest BCUT2D eigenvalue weighted by atomic mass is 10.1. The molecule has 6 heteroatoms. The summed E-state index contributed by atoms with van der Waals surface area (Å²) in [6, 6.07) is 0. The molecule has 0 saturated carbocycles. The van der Waals surface area contributed by atoms with Gasteiger partial charge >= 0.3 is 5.97 Å². The minimum Gasteiger partial charge on any atom is -0.463 e. The second kappa shape index (κ2) is 20.9. The van der Waals surface area contributed by atoms with Crippen LogP contribution >= 0.6 is 0 Å². The van der Waals surface area contributed by atoms with Gasteiger partial charge in [-0.2, -0.15) is 0 Å². The minimum atomic E-state index is -0.865. The second-order valence-electron chi connectivity index (χ2n) is 8.93. The number of hydrogen-bond donors (Lipinski definition) is 4. The van der Waals surface area contributed by atoms with E-state index in [1.807, 2.05) is 0 Å². The van der Waals surface area contributed by atoms with Crippen LogP contribution in [0.3, 0.4) is 0 Å². The number of rotatable bonds is 22. The van der Waals surface area contributed by atoms with E-state index in [4.69, 9.17) is 4.74 Å². The van der Waals surface area contributed by atoms with Crippen LogP contribution in [-0.2, 0) is 9.53 Å². The Bertz CT molecular complexity index is 438. The van der Waals surface area contributed by atoms with Crippen molar-refractivity contribution in [1.29, 1.82) is 0 Å². The molecule has 0 aromatic carbocycles. The summed E-state index contributed by atoms with van der Waals surface area (Å²) in [6.45, 7) is 3.47. The normalized spacial score (nSPS) is 13.1. The predicted octanol–water partition coefficient (Wildman–Crippen LogP) is 4.26. The number of nitrogens with one attached hydrogen (secondary N) is 1. The lowest BCUT2D eigenvalue weighted by molar-refractivity contribution is -0.146. The van der Waals surface area contributed by atoms with Crippen LogP contribution in [0.15, 0.2) is 12.2 Å². The number of carbonyl (C=O) groups is 1. The van der Waals surface area contributed by atoms with Crippen molar-refractivity contribution >= 4 is 5.97 Å². The molecule has 0 aromatic heterocycles. The number of carbonyl (C=O) groups excluding carboxylic acids is 1. The van der Waals surface area contributed by atoms with Crippen LogP contribution in [0.2, 0.25) is 0 Å². The van der Waals surface area contributed by atoms with E-state index in [9.17, 15) is 20.1 Å². The molecule has 0 saturated heterocycles. The average molecular weight is 444 g/mol. The molecular weight excluding hydrogens is 394 g/mol. The second-order valence-corrected chi connectivity index (χ2v) is 8.93. The number of esters is 1. The van der Waals surface area contributed by atoms with E-state index in [-0.39, 0.29) is 32.3 Å². The van der Waals surface area contributed by atoms with E-state index < -0.39 is 11.6 Å². The van der Waals surface area contributed by atoms with Gasteiger partial charge in [-0.25, -0.2) is 0 Å². The molecule has 0 radical (unpaired) electrons. The monoisotopic (exact) mass is 443 g/mol. The molecule has 1 atom stereocenters. The van der Waals surface area contributed by atoms with Crippen LogP contribution in [-0.4, -0.2) is 59.3 Å². The van der Waals surface area contributed by atoms with E-state index in [1.54, 1.807) is 6.92 Å². The van der Waals surface area contributed by atoms with Crippen molar-refractivity contribution < 1.29 is 24.9 Å². The summed E-state index contributed by atoms with van der Waals surface area (Å²) in [4.78, 5) is 11.8. The molecule has 0 amide bonds. The highest BCUT2D eigenvalue weighted by molar-refractivity contribution is 5.69. The Morgan fingerprint density at radius 2 is 1.42 bits per heavy atom. The third-order valence-corrected chi connectivity index (χ3v) is 5.54. The maximum Gasteiger partial charge on any atom is 0.305 e. The fourth-order valence-corrected chi connectivity index (χ4v) is 3.19. The summed E-state index contributed by atoms with van der Waals surface area (Å²) in [5.41, 5.74) is -0.853. The highest BCUT2D eigenvalue weighted by Crippen LogP contribution is 2.10. The highest BCUT2D eigenvalue weighted by Gasteiger charge is 2.22. The molecule has 0 aromatic rings. The molecule has 4 N–H and O–H groups in total. The van der Waals surface area contributed by atoms with Crippen LogP contribution in [0.4, 0.5) is 0 Å². The first kappa shape index (κ1) is 30.0. The number of aliphatic hydroxyl groups excluding tert-OH is 3. The van der Waals surface area contributed by atoms with Gasteiger partial charge in [0, 0.05) is 13.0 Å². The van der Waals surface area contributed by atoms with Crippen LogP contribution in [0, 0.1) is 0 Å². The summed E-state index contributed by atoms with van der Waals surface area (Å²) < 4.78 is 5.09. The summed E-state index contributed by atoms with van der Waals surface area (Å²) in [5, 5.41) is 31.1. The smallest absolute Gasteiger partial charge is 0.305 e. The minimum absolute atomic E-state index is 0.0795. The van der Waals surface area contributed by atoms with Crippen LogP contribution in [0.25, 0.3) is 0 Å². The maximum atomic E-state index is 11.8. The quantitative estimate of drug-likeness (QED) is 0.113. The van der Waals surface area contributed by atoms with Gasteiger partial charge in [-0.3, -0.25) is 4.79 Å². The van der Waals surface area contributed by atoms with Crippen molar-refractivity contribution in [2.24, 2.45) is 0 Å². The number of β-amino-alcohol motifs (C(OH)–C–C–N with tert-alkyl or cyclic N) is 1. The zero-order valence-electron chi connectivity index (χ0n) is 20.1. The molecular formula is C25H49NO5. The van der Waals surface area contributed by atoms with Gasteiger partial charge in [-0.1, -0.05) is 70.4 Å². The number of allylic oxidation sites excluding steroid dienone is 2. The topological polar surface area (TPSA) is 99.0 Å². The van der Waals surface area contributed by atoms with Crippen molar-refractivity contribution in [3.8, 4) is 0 Å². The molecule has 31 heavy (non-hydrogen) atoms. The van der Waals surface area contributed by atoms with Gasteiger partial charge in [-0.15, -0.1) is 0 Å². The lowest BCUT2D eigenvalue weighted by Crippen LogP contribution is -2.52. The fraction of sp³-hybridized carbons (Fsp3) is 0.880. The summed E-state index contributed by atoms with van der Waals surface area (Å²) in [5.74, 6) is -0.288. The van der Waals surface area contributed by atoms with Gasteiger partial charge in [-0.05, 0) is 39.0 Å². The summed E-state index contributed by atoms with van der Waals surface area (Å²) in [7, 11) is 0. The van der Waals surface area contributed by atoms with Gasteiger partial charge < -0.3 is 25.4 Å². The lowest BCUT2D eigenvalue weighted by Gasteiger charge is -2.27. The van der Waals surface area contributed by atoms with Crippen molar-refractivity contribution in [1.82, 2.24) is 5.32 Å². The molecule has 184 valence electrons. The Balaban J connectivity index is 3.47. The molecule has 0 rings (SSSR count). The molecule has 1 unspecified atom stereocenters. The predicted molar refractivity (Wildman–Crippen MR) is 127 cm³/mol. The molecule has 0 aliphatic rings. The Morgan fingerprint density at radius 3 is 1.97 bits per heavy atom. The van der Waals surface area contributed by atoms with Crippen LogP contribution < -0.4 is 5.32 Å². The molecule has 0 bridgehead atoms. The Kier molecular flexibility index (Phi) is 20.3.